The van der Waals surface area contributed by atoms with E-state index < -0.39 is 0 Å². The van der Waals surface area contributed by atoms with Crippen LogP contribution in [0.3, 0.4) is 0 Å². The van der Waals surface area contributed by atoms with Crippen molar-refractivity contribution in [2.45, 2.75) is 50.0 Å². The molecule has 0 bridgehead atoms. The summed E-state index contributed by atoms with van der Waals surface area (Å²) in [4.78, 5) is 22.2. The number of aromatic nitrogens is 3. The molecule has 2 atom stereocenters. The molecule has 0 aliphatic heterocycles. The van der Waals surface area contributed by atoms with Gasteiger partial charge in [-0.05, 0) is 79.0 Å². The number of benzene rings is 1. The molecule has 176 valence electrons. The topological polar surface area (TPSA) is 71.3 Å². The van der Waals surface area contributed by atoms with E-state index in [2.05, 4.69) is 50.6 Å². The van der Waals surface area contributed by atoms with Crippen LogP contribution in [0.4, 0.5) is 11.5 Å². The van der Waals surface area contributed by atoms with E-state index in [1.165, 1.54) is 29.5 Å². The van der Waals surface area contributed by atoms with Crippen molar-refractivity contribution < 1.29 is 4.79 Å². The van der Waals surface area contributed by atoms with Crippen molar-refractivity contribution in [3.05, 3.63) is 88.5 Å². The first kappa shape index (κ1) is 20.9. The van der Waals surface area contributed by atoms with Crippen molar-refractivity contribution in [3.8, 4) is 0 Å². The maximum atomic E-state index is 13.1. The number of nitrogens with zero attached hydrogens (tertiary/aromatic N) is 3. The minimum Gasteiger partial charge on any atom is -0.379 e. The van der Waals surface area contributed by atoms with Crippen LogP contribution < -0.4 is 10.6 Å². The summed E-state index contributed by atoms with van der Waals surface area (Å²) >= 11 is 6.25. The third kappa shape index (κ3) is 3.76. The lowest BCUT2D eigenvalue weighted by Gasteiger charge is -2.12. The molecule has 7 heteroatoms. The lowest BCUT2D eigenvalue weighted by molar-refractivity contribution is -0.117. The van der Waals surface area contributed by atoms with Gasteiger partial charge >= 0.3 is 0 Å². The number of fused-ring (bicyclic) bond motifs is 3. The number of hydrogen-bond donors (Lipinski definition) is 2. The summed E-state index contributed by atoms with van der Waals surface area (Å²) in [6, 6.07) is 14.2. The molecular formula is C28H26ClN5O. The molecule has 0 radical (unpaired) electrons. The second kappa shape index (κ2) is 7.82. The predicted molar refractivity (Wildman–Crippen MR) is 137 cm³/mol. The van der Waals surface area contributed by atoms with Gasteiger partial charge in [0.1, 0.15) is 11.5 Å². The van der Waals surface area contributed by atoms with Gasteiger partial charge in [0, 0.05) is 46.7 Å². The van der Waals surface area contributed by atoms with Gasteiger partial charge in [0.25, 0.3) is 0 Å². The molecule has 1 amide bonds. The van der Waals surface area contributed by atoms with Crippen LogP contribution in [0.1, 0.15) is 54.0 Å². The highest BCUT2D eigenvalue weighted by Gasteiger charge is 2.61. The van der Waals surface area contributed by atoms with E-state index in [-0.39, 0.29) is 17.2 Å². The molecule has 2 saturated carbocycles. The molecule has 1 spiro atoms. The van der Waals surface area contributed by atoms with Crippen LogP contribution in [0.15, 0.2) is 61.1 Å². The van der Waals surface area contributed by atoms with E-state index >= 15 is 0 Å². The molecule has 3 heterocycles. The van der Waals surface area contributed by atoms with Crippen LogP contribution >= 0.6 is 11.6 Å². The van der Waals surface area contributed by atoms with Crippen molar-refractivity contribution in [1.29, 1.82) is 0 Å². The first-order valence-corrected chi connectivity index (χ1v) is 12.7. The molecular weight excluding hydrogens is 458 g/mol. The van der Waals surface area contributed by atoms with Gasteiger partial charge in [-0.15, -0.1) is 0 Å². The number of imidazole rings is 1. The Bertz CT molecular complexity index is 1480. The fourth-order valence-corrected chi connectivity index (χ4v) is 5.94. The minimum absolute atomic E-state index is 0.0286. The Labute approximate surface area is 208 Å². The number of rotatable bonds is 6. The molecule has 4 aromatic rings. The Balaban J connectivity index is 1.01. The van der Waals surface area contributed by atoms with Crippen LogP contribution in [0, 0.1) is 5.92 Å². The van der Waals surface area contributed by atoms with Crippen LogP contribution in [0.2, 0.25) is 5.02 Å². The molecule has 3 aliphatic carbocycles. The number of halogens is 1. The lowest BCUT2D eigenvalue weighted by Crippen LogP contribution is -2.20. The van der Waals surface area contributed by atoms with Crippen LogP contribution in [-0.4, -0.2) is 20.3 Å². The number of hydrogen-bond acceptors (Lipinski definition) is 4. The van der Waals surface area contributed by atoms with Crippen molar-refractivity contribution in [3.63, 3.8) is 0 Å². The summed E-state index contributed by atoms with van der Waals surface area (Å²) in [7, 11) is 0. The number of amides is 1. The first-order valence-electron chi connectivity index (χ1n) is 12.3. The van der Waals surface area contributed by atoms with Crippen LogP contribution in [0.5, 0.6) is 0 Å². The van der Waals surface area contributed by atoms with E-state index in [9.17, 15) is 4.79 Å². The van der Waals surface area contributed by atoms with E-state index in [1.807, 2.05) is 24.3 Å². The van der Waals surface area contributed by atoms with Gasteiger partial charge in [0.05, 0.1) is 12.2 Å². The quantitative estimate of drug-likeness (QED) is 0.368. The molecule has 3 aliphatic rings. The highest BCUT2D eigenvalue weighted by molar-refractivity contribution is 6.30. The third-order valence-electron chi connectivity index (χ3n) is 7.90. The second-order valence-electron chi connectivity index (χ2n) is 10.2. The number of anilines is 2. The Morgan fingerprint density at radius 3 is 2.94 bits per heavy atom. The van der Waals surface area contributed by atoms with Crippen LogP contribution in [0.25, 0.3) is 5.65 Å². The van der Waals surface area contributed by atoms with Gasteiger partial charge in [-0.2, -0.15) is 0 Å². The first-order chi connectivity index (χ1) is 17.1. The molecule has 7 rings (SSSR count). The average molecular weight is 484 g/mol. The standard InChI is InChI=1S/C28H26ClN5O/c29-20-5-3-18-7-9-28(23(18)11-20)13-24(28)27(35)33-25-12-21(8-10-30-25)31-14-22-16-34-15-19(17-1-2-17)4-6-26(34)32-22/h3-6,8,10-12,15-17,24H,1-2,7,9,13-14H2,(H2,30,31,33,35)/t24-,28-/m1/s1. The second-order valence-corrected chi connectivity index (χ2v) is 10.7. The van der Waals surface area contributed by atoms with E-state index in [4.69, 9.17) is 16.6 Å². The van der Waals surface area contributed by atoms with Gasteiger partial charge in [0.2, 0.25) is 5.91 Å². The number of carbonyl (C=O) groups is 1. The maximum absolute atomic E-state index is 13.1. The average Bonchev–Trinajstić information content (AvgIpc) is 3.76. The zero-order chi connectivity index (χ0) is 23.6. The molecule has 1 aromatic carbocycles. The Morgan fingerprint density at radius 1 is 1.14 bits per heavy atom. The van der Waals surface area contributed by atoms with Gasteiger partial charge in [-0.1, -0.05) is 23.7 Å². The Morgan fingerprint density at radius 2 is 2.06 bits per heavy atom. The predicted octanol–water partition coefficient (Wildman–Crippen LogP) is 5.71. The molecule has 6 nitrogen and oxygen atoms in total. The summed E-state index contributed by atoms with van der Waals surface area (Å²) in [5.41, 5.74) is 6.75. The summed E-state index contributed by atoms with van der Waals surface area (Å²) in [5.74, 6) is 1.30. The van der Waals surface area contributed by atoms with Gasteiger partial charge in [-0.25, -0.2) is 9.97 Å². The van der Waals surface area contributed by atoms with Gasteiger partial charge in [0.15, 0.2) is 0 Å². The third-order valence-corrected chi connectivity index (χ3v) is 8.13. The normalized spacial score (nSPS) is 22.4. The Kier molecular flexibility index (Phi) is 4.68. The van der Waals surface area contributed by atoms with E-state index in [0.717, 1.165) is 47.2 Å². The van der Waals surface area contributed by atoms with Crippen molar-refractivity contribution in [2.24, 2.45) is 5.92 Å². The summed E-state index contributed by atoms with van der Waals surface area (Å²) in [6.45, 7) is 0.598. The molecule has 2 fully saturated rings. The molecule has 3 aromatic heterocycles. The Hall–Kier alpha value is -3.38. The number of aryl methyl sites for hydroxylation is 1. The van der Waals surface area contributed by atoms with E-state index in [1.54, 1.807) is 6.20 Å². The summed E-state index contributed by atoms with van der Waals surface area (Å²) < 4.78 is 2.11. The van der Waals surface area contributed by atoms with Gasteiger partial charge in [-0.3, -0.25) is 4.79 Å². The fourth-order valence-electron chi connectivity index (χ4n) is 5.77. The van der Waals surface area contributed by atoms with Gasteiger partial charge < -0.3 is 15.0 Å². The maximum Gasteiger partial charge on any atom is 0.229 e. The monoisotopic (exact) mass is 483 g/mol. The lowest BCUT2D eigenvalue weighted by atomic mass is 9.95. The highest BCUT2D eigenvalue weighted by Crippen LogP contribution is 2.62. The van der Waals surface area contributed by atoms with Crippen molar-refractivity contribution in [2.75, 3.05) is 10.6 Å². The van der Waals surface area contributed by atoms with E-state index in [0.29, 0.717) is 12.4 Å². The molecule has 0 saturated heterocycles. The SMILES string of the molecule is O=C(Nc1cc(NCc2cn3cc(C4CC4)ccc3n2)ccn1)[C@H]1C[C@@]12CCc1ccc(Cl)cc12. The molecule has 0 unspecified atom stereocenters. The van der Waals surface area contributed by atoms with Crippen molar-refractivity contribution >= 4 is 34.7 Å². The largest absolute Gasteiger partial charge is 0.379 e. The summed E-state index contributed by atoms with van der Waals surface area (Å²) in [6.07, 6.45) is 11.5. The summed E-state index contributed by atoms with van der Waals surface area (Å²) in [5, 5.41) is 7.20. The van der Waals surface area contributed by atoms with Crippen LogP contribution in [-0.2, 0) is 23.2 Å². The number of carbonyl (C=O) groups excluding carboxylic acids is 1. The fraction of sp³-hybridized carbons (Fsp3) is 0.321. The number of pyridine rings is 2. The smallest absolute Gasteiger partial charge is 0.229 e. The zero-order valence-electron chi connectivity index (χ0n) is 19.3. The highest BCUT2D eigenvalue weighted by atomic mass is 35.5. The minimum atomic E-state index is -0.0529. The van der Waals surface area contributed by atoms with Crippen molar-refractivity contribution in [1.82, 2.24) is 14.4 Å². The zero-order valence-corrected chi connectivity index (χ0v) is 20.1. The molecule has 2 N–H and O–H groups in total. The molecule has 35 heavy (non-hydrogen) atoms. The number of nitrogens with one attached hydrogen (secondary N) is 2.